The van der Waals surface area contributed by atoms with Crippen LogP contribution in [0.15, 0.2) is 18.3 Å². The number of carbonyl (C=O) groups is 1. The van der Waals surface area contributed by atoms with Gasteiger partial charge in [-0.2, -0.15) is 0 Å². The van der Waals surface area contributed by atoms with Crippen LogP contribution in [0.4, 0.5) is 4.39 Å². The smallest absolute Gasteiger partial charge is 0.311 e. The predicted molar refractivity (Wildman–Crippen MR) is 71.7 cm³/mol. The largest absolute Gasteiger partial charge is 0.481 e. The van der Waals surface area contributed by atoms with Crippen molar-refractivity contribution >= 4 is 5.97 Å². The standard InChI is InChI=1S/C13H16FN5O2/c1-3-13(4-2,12(20)21)8-19-11(16-17-18-19)10-6-5-9(14)7-15-10/h5-7H,3-4,8H2,1-2H3,(H,20,21). The summed E-state index contributed by atoms with van der Waals surface area (Å²) < 4.78 is 14.3. The van der Waals surface area contributed by atoms with Gasteiger partial charge in [0.25, 0.3) is 0 Å². The molecule has 0 aromatic carbocycles. The van der Waals surface area contributed by atoms with E-state index in [2.05, 4.69) is 20.5 Å². The Hall–Kier alpha value is -2.38. The first-order valence-electron chi connectivity index (χ1n) is 6.64. The lowest BCUT2D eigenvalue weighted by Crippen LogP contribution is -2.35. The monoisotopic (exact) mass is 293 g/mol. The molecule has 0 unspecified atom stereocenters. The number of rotatable bonds is 6. The molecular weight excluding hydrogens is 277 g/mol. The van der Waals surface area contributed by atoms with Gasteiger partial charge >= 0.3 is 5.97 Å². The van der Waals surface area contributed by atoms with Crippen molar-refractivity contribution in [3.8, 4) is 11.5 Å². The van der Waals surface area contributed by atoms with Crippen molar-refractivity contribution < 1.29 is 14.3 Å². The first-order chi connectivity index (χ1) is 10.0. The molecule has 8 heteroatoms. The lowest BCUT2D eigenvalue weighted by molar-refractivity contribution is -0.150. The third-order valence-electron chi connectivity index (χ3n) is 3.75. The van der Waals surface area contributed by atoms with Gasteiger partial charge in [-0.3, -0.25) is 4.79 Å². The van der Waals surface area contributed by atoms with E-state index < -0.39 is 17.2 Å². The fourth-order valence-corrected chi connectivity index (χ4v) is 2.13. The van der Waals surface area contributed by atoms with Gasteiger partial charge in [0.1, 0.15) is 11.5 Å². The van der Waals surface area contributed by atoms with Crippen LogP contribution in [0.1, 0.15) is 26.7 Å². The highest BCUT2D eigenvalue weighted by molar-refractivity contribution is 5.74. The van der Waals surface area contributed by atoms with Crippen molar-refractivity contribution in [2.45, 2.75) is 33.2 Å². The maximum atomic E-state index is 12.9. The Kier molecular flexibility index (Phi) is 4.25. The third-order valence-corrected chi connectivity index (χ3v) is 3.75. The SMILES string of the molecule is CCC(CC)(Cn1nnnc1-c1ccc(F)cn1)C(=O)O. The average molecular weight is 293 g/mol. The van der Waals surface area contributed by atoms with Gasteiger partial charge in [0, 0.05) is 0 Å². The molecule has 0 aliphatic heterocycles. The van der Waals surface area contributed by atoms with E-state index in [0.717, 1.165) is 6.20 Å². The van der Waals surface area contributed by atoms with Crippen molar-refractivity contribution in [2.24, 2.45) is 5.41 Å². The number of tetrazole rings is 1. The van der Waals surface area contributed by atoms with Crippen LogP contribution in [-0.4, -0.2) is 36.3 Å². The minimum absolute atomic E-state index is 0.136. The van der Waals surface area contributed by atoms with Gasteiger partial charge in [-0.25, -0.2) is 14.1 Å². The number of carboxylic acids is 1. The Bertz CT molecular complexity index is 622. The van der Waals surface area contributed by atoms with Gasteiger partial charge in [-0.15, -0.1) is 5.10 Å². The second kappa shape index (κ2) is 5.94. The van der Waals surface area contributed by atoms with Crippen LogP contribution in [0.5, 0.6) is 0 Å². The van der Waals surface area contributed by atoms with Crippen molar-refractivity contribution in [3.05, 3.63) is 24.1 Å². The van der Waals surface area contributed by atoms with Crippen LogP contribution in [-0.2, 0) is 11.3 Å². The van der Waals surface area contributed by atoms with E-state index in [4.69, 9.17) is 0 Å². The van der Waals surface area contributed by atoms with E-state index >= 15 is 0 Å². The van der Waals surface area contributed by atoms with E-state index in [0.29, 0.717) is 24.4 Å². The molecule has 0 spiro atoms. The van der Waals surface area contributed by atoms with Gasteiger partial charge in [0.05, 0.1) is 18.2 Å². The zero-order valence-corrected chi connectivity index (χ0v) is 11.8. The Labute approximate surface area is 120 Å². The molecule has 0 bridgehead atoms. The molecule has 0 aliphatic rings. The number of aromatic nitrogens is 5. The van der Waals surface area contributed by atoms with E-state index in [9.17, 15) is 14.3 Å². The molecule has 0 atom stereocenters. The molecule has 0 amide bonds. The Morgan fingerprint density at radius 3 is 2.62 bits per heavy atom. The molecular formula is C13H16FN5O2. The summed E-state index contributed by atoms with van der Waals surface area (Å²) in [5, 5.41) is 20.7. The molecule has 1 N–H and O–H groups in total. The van der Waals surface area contributed by atoms with Crippen molar-refractivity contribution in [2.75, 3.05) is 0 Å². The maximum absolute atomic E-state index is 12.9. The first kappa shape index (κ1) is 15.0. The van der Waals surface area contributed by atoms with E-state index in [1.54, 1.807) is 0 Å². The molecule has 2 aromatic heterocycles. The van der Waals surface area contributed by atoms with Crippen molar-refractivity contribution in [1.82, 2.24) is 25.2 Å². The number of pyridine rings is 1. The summed E-state index contributed by atoms with van der Waals surface area (Å²) in [6.07, 6.45) is 1.97. The lowest BCUT2D eigenvalue weighted by atomic mass is 9.82. The summed E-state index contributed by atoms with van der Waals surface area (Å²) in [5.74, 6) is -1.02. The summed E-state index contributed by atoms with van der Waals surface area (Å²) in [7, 11) is 0. The highest BCUT2D eigenvalue weighted by Crippen LogP contribution is 2.30. The topological polar surface area (TPSA) is 93.8 Å². The molecule has 0 saturated carbocycles. The molecule has 0 fully saturated rings. The molecule has 21 heavy (non-hydrogen) atoms. The highest BCUT2D eigenvalue weighted by atomic mass is 19.1. The van der Waals surface area contributed by atoms with Crippen molar-refractivity contribution in [1.29, 1.82) is 0 Å². The predicted octanol–water partition coefficient (Wildman–Crippen LogP) is 1.77. The highest BCUT2D eigenvalue weighted by Gasteiger charge is 2.36. The fraction of sp³-hybridized carbons (Fsp3) is 0.462. The minimum atomic E-state index is -0.940. The zero-order chi connectivity index (χ0) is 15.5. The Morgan fingerprint density at radius 2 is 2.10 bits per heavy atom. The molecule has 112 valence electrons. The number of nitrogens with zero attached hydrogens (tertiary/aromatic N) is 5. The molecule has 2 heterocycles. The second-order valence-electron chi connectivity index (χ2n) is 4.81. The average Bonchev–Trinajstić information content (AvgIpc) is 2.93. The molecule has 0 radical (unpaired) electrons. The first-order valence-corrected chi connectivity index (χ1v) is 6.64. The number of aliphatic carboxylic acids is 1. The van der Waals surface area contributed by atoms with Crippen LogP contribution in [0, 0.1) is 11.2 Å². The second-order valence-corrected chi connectivity index (χ2v) is 4.81. The number of carboxylic acid groups (broad SMARTS) is 1. The minimum Gasteiger partial charge on any atom is -0.481 e. The summed E-state index contributed by atoms with van der Waals surface area (Å²) in [6, 6.07) is 2.71. The van der Waals surface area contributed by atoms with Gasteiger partial charge < -0.3 is 5.11 Å². The van der Waals surface area contributed by atoms with Crippen LogP contribution in [0.25, 0.3) is 11.5 Å². The van der Waals surface area contributed by atoms with Crippen LogP contribution >= 0.6 is 0 Å². The van der Waals surface area contributed by atoms with E-state index in [1.165, 1.54) is 16.8 Å². The van der Waals surface area contributed by atoms with Gasteiger partial charge in [0.15, 0.2) is 0 Å². The number of halogens is 1. The molecule has 7 nitrogen and oxygen atoms in total. The van der Waals surface area contributed by atoms with E-state index in [-0.39, 0.29) is 6.54 Å². The number of hydrogen-bond acceptors (Lipinski definition) is 5. The normalized spacial score (nSPS) is 11.6. The van der Waals surface area contributed by atoms with Gasteiger partial charge in [-0.1, -0.05) is 13.8 Å². The summed E-state index contributed by atoms with van der Waals surface area (Å²) in [5.41, 5.74) is -0.544. The van der Waals surface area contributed by atoms with E-state index in [1.807, 2.05) is 13.8 Å². The maximum Gasteiger partial charge on any atom is 0.311 e. The lowest BCUT2D eigenvalue weighted by Gasteiger charge is -2.26. The van der Waals surface area contributed by atoms with Gasteiger partial charge in [0.2, 0.25) is 5.82 Å². The zero-order valence-electron chi connectivity index (χ0n) is 11.8. The van der Waals surface area contributed by atoms with Crippen LogP contribution in [0.3, 0.4) is 0 Å². The van der Waals surface area contributed by atoms with Crippen LogP contribution in [0.2, 0.25) is 0 Å². The molecule has 2 aromatic rings. The Balaban J connectivity index is 2.36. The fourth-order valence-electron chi connectivity index (χ4n) is 2.13. The summed E-state index contributed by atoms with van der Waals surface area (Å²) in [6.45, 7) is 3.77. The Morgan fingerprint density at radius 1 is 1.38 bits per heavy atom. The molecule has 0 aliphatic carbocycles. The molecule has 0 saturated heterocycles. The third kappa shape index (κ3) is 2.88. The summed E-state index contributed by atoms with van der Waals surface area (Å²) >= 11 is 0. The van der Waals surface area contributed by atoms with Crippen LogP contribution < -0.4 is 0 Å². The van der Waals surface area contributed by atoms with Gasteiger partial charge in [-0.05, 0) is 35.4 Å². The number of hydrogen-bond donors (Lipinski definition) is 1. The quantitative estimate of drug-likeness (QED) is 0.872. The van der Waals surface area contributed by atoms with Crippen molar-refractivity contribution in [3.63, 3.8) is 0 Å². The molecule has 2 rings (SSSR count). The summed E-state index contributed by atoms with van der Waals surface area (Å²) in [4.78, 5) is 15.5.